The van der Waals surface area contributed by atoms with E-state index in [0.29, 0.717) is 0 Å². The molecule has 0 radical (unpaired) electrons. The largest absolute Gasteiger partial charge is 0.392 e. The predicted octanol–water partition coefficient (Wildman–Crippen LogP) is 0.825. The zero-order valence-corrected chi connectivity index (χ0v) is 5.31. The van der Waals surface area contributed by atoms with Crippen molar-refractivity contribution in [1.29, 1.82) is 0 Å². The van der Waals surface area contributed by atoms with E-state index in [4.69, 9.17) is 16.7 Å². The monoisotopic (exact) mass is 160 g/mol. The molecule has 0 amide bonds. The number of alkyl halides is 3. The Kier molecular flexibility index (Phi) is 4.94. The van der Waals surface area contributed by atoms with Gasteiger partial charge in [-0.3, -0.25) is 0 Å². The third-order valence-electron chi connectivity index (χ3n) is 0.547. The van der Waals surface area contributed by atoms with Crippen molar-refractivity contribution >= 4 is 11.6 Å². The molecule has 0 saturated heterocycles. The van der Waals surface area contributed by atoms with Crippen LogP contribution in [-0.2, 0) is 4.74 Å². The Morgan fingerprint density at radius 1 is 1.56 bits per heavy atom. The third-order valence-corrected chi connectivity index (χ3v) is 0.811. The first-order valence-corrected chi connectivity index (χ1v) is 2.75. The van der Waals surface area contributed by atoms with Crippen molar-refractivity contribution in [2.45, 2.75) is 12.0 Å². The van der Waals surface area contributed by atoms with Gasteiger partial charge in [0.25, 0.3) is 6.43 Å². The van der Waals surface area contributed by atoms with Gasteiger partial charge in [0.05, 0.1) is 6.61 Å². The highest BCUT2D eigenvalue weighted by molar-refractivity contribution is 6.19. The van der Waals surface area contributed by atoms with Gasteiger partial charge in [-0.2, -0.15) is 0 Å². The zero-order valence-electron chi connectivity index (χ0n) is 4.56. The van der Waals surface area contributed by atoms with Crippen molar-refractivity contribution in [2.75, 3.05) is 13.2 Å². The maximum Gasteiger partial charge on any atom is 0.261 e. The summed E-state index contributed by atoms with van der Waals surface area (Å²) < 4.78 is 26.8. The standard InChI is InChI=1S/C4H7ClF2O2/c5-3(1-8)9-2-4(6)7/h3-4,8H,1-2H2. The van der Waals surface area contributed by atoms with Gasteiger partial charge in [0, 0.05) is 0 Å². The van der Waals surface area contributed by atoms with Crippen molar-refractivity contribution in [1.82, 2.24) is 0 Å². The van der Waals surface area contributed by atoms with Crippen LogP contribution in [0.1, 0.15) is 0 Å². The van der Waals surface area contributed by atoms with Gasteiger partial charge in [-0.1, -0.05) is 11.6 Å². The van der Waals surface area contributed by atoms with E-state index in [1.165, 1.54) is 0 Å². The fourth-order valence-corrected chi connectivity index (χ4v) is 0.303. The van der Waals surface area contributed by atoms with Gasteiger partial charge >= 0.3 is 0 Å². The number of aliphatic hydroxyl groups excluding tert-OH is 1. The van der Waals surface area contributed by atoms with Crippen LogP contribution < -0.4 is 0 Å². The van der Waals surface area contributed by atoms with Gasteiger partial charge < -0.3 is 9.84 Å². The van der Waals surface area contributed by atoms with Gasteiger partial charge in [-0.15, -0.1) is 0 Å². The molecule has 0 spiro atoms. The van der Waals surface area contributed by atoms with Gasteiger partial charge in [-0.05, 0) is 0 Å². The summed E-state index contributed by atoms with van der Waals surface area (Å²) in [5, 5.41) is 8.15. The van der Waals surface area contributed by atoms with Crippen LogP contribution in [0.4, 0.5) is 8.78 Å². The van der Waals surface area contributed by atoms with Crippen LogP contribution in [-0.4, -0.2) is 30.3 Å². The molecule has 1 unspecified atom stereocenters. The fourth-order valence-electron chi connectivity index (χ4n) is 0.230. The molecule has 0 bridgehead atoms. The summed E-state index contributed by atoms with van der Waals surface area (Å²) in [6, 6.07) is 0. The maximum atomic E-state index is 11.3. The van der Waals surface area contributed by atoms with Crippen molar-refractivity contribution < 1.29 is 18.6 Å². The van der Waals surface area contributed by atoms with Crippen LogP contribution in [0, 0.1) is 0 Å². The molecule has 56 valence electrons. The van der Waals surface area contributed by atoms with E-state index in [2.05, 4.69) is 4.74 Å². The molecular weight excluding hydrogens is 153 g/mol. The number of ether oxygens (including phenoxy) is 1. The molecule has 0 aliphatic heterocycles. The van der Waals surface area contributed by atoms with E-state index in [1.54, 1.807) is 0 Å². The highest BCUT2D eigenvalue weighted by Crippen LogP contribution is 2.00. The van der Waals surface area contributed by atoms with Gasteiger partial charge in [0.15, 0.2) is 5.56 Å². The number of rotatable bonds is 4. The lowest BCUT2D eigenvalue weighted by Crippen LogP contribution is -2.14. The smallest absolute Gasteiger partial charge is 0.261 e. The Labute approximate surface area is 56.4 Å². The maximum absolute atomic E-state index is 11.3. The first-order valence-electron chi connectivity index (χ1n) is 2.31. The molecule has 0 saturated carbocycles. The van der Waals surface area contributed by atoms with Crippen LogP contribution in [0.5, 0.6) is 0 Å². The van der Waals surface area contributed by atoms with E-state index >= 15 is 0 Å². The van der Waals surface area contributed by atoms with Crippen molar-refractivity contribution in [3.63, 3.8) is 0 Å². The average molecular weight is 161 g/mol. The second-order valence-corrected chi connectivity index (χ2v) is 1.80. The molecule has 1 N–H and O–H groups in total. The lowest BCUT2D eigenvalue weighted by Gasteiger charge is -2.05. The summed E-state index contributed by atoms with van der Waals surface area (Å²) in [6.07, 6.45) is -2.53. The topological polar surface area (TPSA) is 29.5 Å². The minimum Gasteiger partial charge on any atom is -0.392 e. The molecule has 0 aliphatic rings. The average Bonchev–Trinajstić information content (AvgIpc) is 1.83. The van der Waals surface area contributed by atoms with Crippen LogP contribution in [0.25, 0.3) is 0 Å². The van der Waals surface area contributed by atoms with Crippen molar-refractivity contribution in [3.8, 4) is 0 Å². The normalized spacial score (nSPS) is 14.3. The van der Waals surface area contributed by atoms with Gasteiger partial charge in [0.2, 0.25) is 0 Å². The highest BCUT2D eigenvalue weighted by atomic mass is 35.5. The fraction of sp³-hybridized carbons (Fsp3) is 1.00. The Morgan fingerprint density at radius 2 is 2.11 bits per heavy atom. The van der Waals surface area contributed by atoms with Gasteiger partial charge in [0.1, 0.15) is 6.61 Å². The number of hydrogen-bond donors (Lipinski definition) is 1. The lowest BCUT2D eigenvalue weighted by molar-refractivity contribution is -0.0115. The minimum absolute atomic E-state index is 0.450. The molecule has 0 aromatic rings. The molecule has 2 nitrogen and oxygen atoms in total. The molecular formula is C4H7ClF2O2. The van der Waals surface area contributed by atoms with E-state index in [0.717, 1.165) is 0 Å². The summed E-state index contributed by atoms with van der Waals surface area (Å²) in [6.45, 7) is -1.18. The minimum atomic E-state index is -2.53. The quantitative estimate of drug-likeness (QED) is 0.618. The molecule has 0 rings (SSSR count). The Hall–Kier alpha value is 0.0700. The first-order chi connectivity index (χ1) is 4.16. The number of aliphatic hydroxyl groups is 1. The summed E-state index contributed by atoms with van der Waals surface area (Å²) in [7, 11) is 0. The summed E-state index contributed by atoms with van der Waals surface area (Å²) >= 11 is 5.10. The van der Waals surface area contributed by atoms with Crippen molar-refractivity contribution in [3.05, 3.63) is 0 Å². The van der Waals surface area contributed by atoms with E-state index in [-0.39, 0.29) is 0 Å². The summed E-state index contributed by atoms with van der Waals surface area (Å²) in [4.78, 5) is 0. The van der Waals surface area contributed by atoms with Gasteiger partial charge in [-0.25, -0.2) is 8.78 Å². The molecule has 0 aliphatic carbocycles. The predicted molar refractivity (Wildman–Crippen MR) is 28.7 cm³/mol. The Morgan fingerprint density at radius 3 is 2.44 bits per heavy atom. The SMILES string of the molecule is OCC(Cl)OCC(F)F. The molecule has 1 atom stereocenters. The summed E-state index contributed by atoms with van der Waals surface area (Å²) in [5.74, 6) is 0. The number of halogens is 3. The van der Waals surface area contributed by atoms with Crippen LogP contribution >= 0.6 is 11.6 Å². The zero-order chi connectivity index (χ0) is 7.28. The van der Waals surface area contributed by atoms with E-state index in [1.807, 2.05) is 0 Å². The summed E-state index contributed by atoms with van der Waals surface area (Å²) in [5.41, 5.74) is -1.01. The third kappa shape index (κ3) is 5.95. The van der Waals surface area contributed by atoms with Crippen LogP contribution in [0.3, 0.4) is 0 Å². The van der Waals surface area contributed by atoms with E-state index in [9.17, 15) is 8.78 Å². The molecule has 0 heterocycles. The first kappa shape index (κ1) is 9.07. The Bertz CT molecular complexity index is 71.6. The van der Waals surface area contributed by atoms with Crippen molar-refractivity contribution in [2.24, 2.45) is 0 Å². The van der Waals surface area contributed by atoms with Crippen LogP contribution in [0.15, 0.2) is 0 Å². The molecule has 0 aromatic carbocycles. The second-order valence-electron chi connectivity index (χ2n) is 1.32. The Balaban J connectivity index is 3.06. The highest BCUT2D eigenvalue weighted by Gasteiger charge is 2.06. The van der Waals surface area contributed by atoms with Crippen LogP contribution in [0.2, 0.25) is 0 Å². The molecule has 0 aromatic heterocycles. The molecule has 0 fully saturated rings. The molecule has 9 heavy (non-hydrogen) atoms. The second kappa shape index (κ2) is 4.90. The molecule has 5 heteroatoms. The van der Waals surface area contributed by atoms with E-state index < -0.39 is 25.2 Å². The lowest BCUT2D eigenvalue weighted by atomic mass is 10.7. The number of hydrogen-bond acceptors (Lipinski definition) is 2.